The maximum Gasteiger partial charge on any atom is 0.407 e. The molecule has 2 fully saturated rings. The summed E-state index contributed by atoms with van der Waals surface area (Å²) < 4.78 is 5.55. The number of likely N-dealkylation sites (tertiary alicyclic amines) is 1. The Balaban J connectivity index is 0.00000208. The Labute approximate surface area is 150 Å². The summed E-state index contributed by atoms with van der Waals surface area (Å²) in [5, 5.41) is 2.83. The maximum absolute atomic E-state index is 11.9. The lowest BCUT2D eigenvalue weighted by molar-refractivity contribution is 0.0522. The van der Waals surface area contributed by atoms with Gasteiger partial charge in [0.2, 0.25) is 0 Å². The molecule has 2 aliphatic rings. The molecule has 0 unspecified atom stereocenters. The van der Waals surface area contributed by atoms with Crippen LogP contribution in [0.5, 0.6) is 0 Å². The Morgan fingerprint density at radius 2 is 1.88 bits per heavy atom. The summed E-state index contributed by atoms with van der Waals surface area (Å²) >= 11 is 0. The number of carbonyl (C=O) groups is 1. The van der Waals surface area contributed by atoms with Gasteiger partial charge in [0.05, 0.1) is 0 Å². The highest BCUT2D eigenvalue weighted by molar-refractivity contribution is 5.85. The Morgan fingerprint density at radius 3 is 2.50 bits per heavy atom. The van der Waals surface area contributed by atoms with Gasteiger partial charge in [-0.05, 0) is 37.7 Å². The number of rotatable bonds is 4. The predicted molar refractivity (Wildman–Crippen MR) is 97.2 cm³/mol. The summed E-state index contributed by atoms with van der Waals surface area (Å²) in [5.74, 6) is 0. The van der Waals surface area contributed by atoms with Crippen molar-refractivity contribution in [2.24, 2.45) is 5.73 Å². The van der Waals surface area contributed by atoms with Crippen LogP contribution in [0.15, 0.2) is 30.3 Å². The van der Waals surface area contributed by atoms with Gasteiger partial charge in [0, 0.05) is 31.7 Å². The number of alkyl carbamates (subject to hydrolysis) is 1. The molecule has 0 radical (unpaired) electrons. The summed E-state index contributed by atoms with van der Waals surface area (Å²) in [5.41, 5.74) is 7.07. The van der Waals surface area contributed by atoms with E-state index in [-0.39, 0.29) is 24.6 Å². The molecular formula is C18H28ClN3O2. The van der Waals surface area contributed by atoms with Crippen molar-refractivity contribution >= 4 is 18.5 Å². The average Bonchev–Trinajstić information content (AvgIpc) is 3.01. The van der Waals surface area contributed by atoms with Gasteiger partial charge in [0.1, 0.15) is 6.10 Å². The molecule has 1 amide bonds. The van der Waals surface area contributed by atoms with Gasteiger partial charge in [0.15, 0.2) is 0 Å². The lowest BCUT2D eigenvalue weighted by atomic mass is 9.92. The van der Waals surface area contributed by atoms with Crippen LogP contribution < -0.4 is 11.1 Å². The highest BCUT2D eigenvalue weighted by Crippen LogP contribution is 2.27. The van der Waals surface area contributed by atoms with Crippen LogP contribution in [0.1, 0.15) is 37.7 Å². The molecule has 3 rings (SSSR count). The molecule has 1 aromatic carbocycles. The molecule has 6 heteroatoms. The van der Waals surface area contributed by atoms with E-state index in [9.17, 15) is 4.79 Å². The Morgan fingerprint density at radius 1 is 1.17 bits per heavy atom. The minimum atomic E-state index is -0.305. The smallest absolute Gasteiger partial charge is 0.407 e. The van der Waals surface area contributed by atoms with E-state index in [1.54, 1.807) is 0 Å². The van der Waals surface area contributed by atoms with Gasteiger partial charge in [-0.15, -0.1) is 12.4 Å². The Kier molecular flexibility index (Phi) is 7.34. The number of nitrogens with one attached hydrogen (secondary N) is 1. The van der Waals surface area contributed by atoms with Crippen molar-refractivity contribution in [1.29, 1.82) is 0 Å². The van der Waals surface area contributed by atoms with Crippen LogP contribution in [-0.4, -0.2) is 42.3 Å². The first kappa shape index (κ1) is 19.0. The monoisotopic (exact) mass is 353 g/mol. The van der Waals surface area contributed by atoms with Gasteiger partial charge in [-0.25, -0.2) is 4.79 Å². The SMILES string of the molecule is Cl.N[C@H]1CCN(C2CCC(OC(=O)NCc3ccccc3)CC2)C1. The summed E-state index contributed by atoms with van der Waals surface area (Å²) in [4.78, 5) is 14.4. The van der Waals surface area contributed by atoms with Gasteiger partial charge < -0.3 is 15.8 Å². The zero-order chi connectivity index (χ0) is 16.1. The summed E-state index contributed by atoms with van der Waals surface area (Å²) in [6.45, 7) is 2.66. The van der Waals surface area contributed by atoms with Crippen LogP contribution >= 0.6 is 12.4 Å². The molecule has 134 valence electrons. The fraction of sp³-hybridized carbons (Fsp3) is 0.611. The number of hydrogen-bond acceptors (Lipinski definition) is 4. The van der Waals surface area contributed by atoms with Crippen molar-refractivity contribution in [3.8, 4) is 0 Å². The number of nitrogens with two attached hydrogens (primary N) is 1. The zero-order valence-corrected chi connectivity index (χ0v) is 14.8. The van der Waals surface area contributed by atoms with Crippen LogP contribution in [0, 0.1) is 0 Å². The van der Waals surface area contributed by atoms with Gasteiger partial charge in [0.25, 0.3) is 0 Å². The van der Waals surface area contributed by atoms with Crippen molar-refractivity contribution in [2.45, 2.75) is 56.8 Å². The topological polar surface area (TPSA) is 67.6 Å². The zero-order valence-electron chi connectivity index (χ0n) is 14.0. The third-order valence-corrected chi connectivity index (χ3v) is 4.97. The molecule has 1 aliphatic carbocycles. The lowest BCUT2D eigenvalue weighted by Crippen LogP contribution is -2.40. The third kappa shape index (κ3) is 5.36. The molecule has 0 aromatic heterocycles. The van der Waals surface area contributed by atoms with Crippen molar-refractivity contribution in [3.05, 3.63) is 35.9 Å². The highest BCUT2D eigenvalue weighted by Gasteiger charge is 2.31. The average molecular weight is 354 g/mol. The second-order valence-electron chi connectivity index (χ2n) is 6.72. The number of nitrogens with zero attached hydrogens (tertiary/aromatic N) is 1. The number of ether oxygens (including phenoxy) is 1. The van der Waals surface area contributed by atoms with E-state index in [0.717, 1.165) is 50.8 Å². The lowest BCUT2D eigenvalue weighted by Gasteiger charge is -2.34. The normalized spacial score (nSPS) is 27.3. The largest absolute Gasteiger partial charge is 0.446 e. The van der Waals surface area contributed by atoms with Crippen molar-refractivity contribution < 1.29 is 9.53 Å². The number of amides is 1. The van der Waals surface area contributed by atoms with Gasteiger partial charge in [-0.3, -0.25) is 4.90 Å². The van der Waals surface area contributed by atoms with E-state index in [2.05, 4.69) is 10.2 Å². The number of benzene rings is 1. The van der Waals surface area contributed by atoms with Crippen molar-refractivity contribution in [2.75, 3.05) is 13.1 Å². The molecule has 1 aromatic rings. The highest BCUT2D eigenvalue weighted by atomic mass is 35.5. The van der Waals surface area contributed by atoms with Crippen LogP contribution in [0.25, 0.3) is 0 Å². The van der Waals surface area contributed by atoms with E-state index >= 15 is 0 Å². The summed E-state index contributed by atoms with van der Waals surface area (Å²) in [7, 11) is 0. The fourth-order valence-electron chi connectivity index (χ4n) is 3.64. The van der Waals surface area contributed by atoms with E-state index in [4.69, 9.17) is 10.5 Å². The van der Waals surface area contributed by atoms with Crippen LogP contribution in [0.4, 0.5) is 4.79 Å². The van der Waals surface area contributed by atoms with Crippen LogP contribution in [0.3, 0.4) is 0 Å². The first-order chi connectivity index (χ1) is 11.2. The predicted octanol–water partition coefficient (Wildman–Crippen LogP) is 2.68. The van der Waals surface area contributed by atoms with Crippen LogP contribution in [-0.2, 0) is 11.3 Å². The minimum absolute atomic E-state index is 0. The van der Waals surface area contributed by atoms with Crippen LogP contribution in [0.2, 0.25) is 0 Å². The van der Waals surface area contributed by atoms with E-state index in [1.165, 1.54) is 0 Å². The molecule has 5 nitrogen and oxygen atoms in total. The Bertz CT molecular complexity index is 506. The second kappa shape index (κ2) is 9.25. The molecule has 3 N–H and O–H groups in total. The molecule has 1 saturated carbocycles. The number of hydrogen-bond donors (Lipinski definition) is 2. The maximum atomic E-state index is 11.9. The first-order valence-corrected chi connectivity index (χ1v) is 8.69. The number of carbonyl (C=O) groups excluding carboxylic acids is 1. The Hall–Kier alpha value is -1.30. The van der Waals surface area contributed by atoms with Gasteiger partial charge in [-0.2, -0.15) is 0 Å². The molecule has 1 aliphatic heterocycles. The molecule has 1 saturated heterocycles. The van der Waals surface area contributed by atoms with E-state index in [0.29, 0.717) is 18.6 Å². The van der Waals surface area contributed by atoms with Crippen molar-refractivity contribution in [1.82, 2.24) is 10.2 Å². The number of halogens is 1. The summed E-state index contributed by atoms with van der Waals surface area (Å²) in [6, 6.07) is 10.8. The molecule has 1 atom stereocenters. The van der Waals surface area contributed by atoms with Crippen molar-refractivity contribution in [3.63, 3.8) is 0 Å². The fourth-order valence-corrected chi connectivity index (χ4v) is 3.64. The standard InChI is InChI=1S/C18H27N3O2.ClH/c19-15-10-11-21(13-15)16-6-8-17(9-7-16)23-18(22)20-12-14-4-2-1-3-5-14;/h1-5,15-17H,6-13,19H2,(H,20,22);1H/t15-,16?,17?;/m0./s1. The quantitative estimate of drug-likeness (QED) is 0.873. The second-order valence-corrected chi connectivity index (χ2v) is 6.72. The molecule has 0 bridgehead atoms. The van der Waals surface area contributed by atoms with Gasteiger partial charge in [-0.1, -0.05) is 30.3 Å². The molecule has 24 heavy (non-hydrogen) atoms. The van der Waals surface area contributed by atoms with E-state index in [1.807, 2.05) is 30.3 Å². The first-order valence-electron chi connectivity index (χ1n) is 8.69. The van der Waals surface area contributed by atoms with E-state index < -0.39 is 0 Å². The summed E-state index contributed by atoms with van der Waals surface area (Å²) in [6.07, 6.45) is 4.97. The third-order valence-electron chi connectivity index (χ3n) is 4.97. The molecule has 0 spiro atoms. The minimum Gasteiger partial charge on any atom is -0.446 e. The molecule has 1 heterocycles. The van der Waals surface area contributed by atoms with Gasteiger partial charge >= 0.3 is 6.09 Å². The molecular weight excluding hydrogens is 326 g/mol.